The number of amides is 1. The number of hydrogen-bond donors (Lipinski definition) is 0. The quantitative estimate of drug-likeness (QED) is 0.682. The van der Waals surface area contributed by atoms with E-state index in [1.54, 1.807) is 13.2 Å². The minimum absolute atomic E-state index is 0.102. The molecular formula is C22H24N4O3. The first kappa shape index (κ1) is 18.1. The van der Waals surface area contributed by atoms with Crippen molar-refractivity contribution in [3.05, 3.63) is 53.3 Å². The van der Waals surface area contributed by atoms with Crippen LogP contribution in [-0.4, -0.2) is 52.9 Å². The van der Waals surface area contributed by atoms with Crippen LogP contribution in [0.4, 0.5) is 0 Å². The van der Waals surface area contributed by atoms with Crippen molar-refractivity contribution in [2.45, 2.75) is 31.8 Å². The first-order chi connectivity index (χ1) is 14.1. The van der Waals surface area contributed by atoms with Gasteiger partial charge in [-0.25, -0.2) is 9.97 Å². The van der Waals surface area contributed by atoms with Gasteiger partial charge in [0.25, 0.3) is 5.91 Å². The van der Waals surface area contributed by atoms with E-state index in [2.05, 4.69) is 16.9 Å². The predicted molar refractivity (Wildman–Crippen MR) is 108 cm³/mol. The number of hydrogen-bond acceptors (Lipinski definition) is 6. The highest BCUT2D eigenvalue weighted by atomic mass is 16.5. The van der Waals surface area contributed by atoms with Gasteiger partial charge in [-0.3, -0.25) is 4.79 Å². The summed E-state index contributed by atoms with van der Waals surface area (Å²) in [6, 6.07) is 7.22. The zero-order valence-corrected chi connectivity index (χ0v) is 16.7. The number of carbonyl (C=O) groups is 1. The number of ether oxygens (including phenoxy) is 1. The Bertz CT molecular complexity index is 1080. The Morgan fingerprint density at radius 3 is 3.03 bits per heavy atom. The van der Waals surface area contributed by atoms with Gasteiger partial charge in [0.15, 0.2) is 11.6 Å². The first-order valence-electron chi connectivity index (χ1n) is 10.0. The van der Waals surface area contributed by atoms with Crippen LogP contribution in [0.15, 0.2) is 34.9 Å². The van der Waals surface area contributed by atoms with Crippen LogP contribution in [0.25, 0.3) is 11.0 Å². The highest BCUT2D eigenvalue weighted by molar-refractivity contribution is 5.96. The molecule has 0 aliphatic carbocycles. The van der Waals surface area contributed by atoms with Gasteiger partial charge in [0, 0.05) is 48.9 Å². The van der Waals surface area contributed by atoms with Crippen LogP contribution < -0.4 is 4.74 Å². The molecule has 5 rings (SSSR count). The van der Waals surface area contributed by atoms with E-state index in [9.17, 15) is 4.79 Å². The third-order valence-electron chi connectivity index (χ3n) is 5.89. The van der Waals surface area contributed by atoms with Crippen molar-refractivity contribution in [2.75, 3.05) is 27.2 Å². The normalized spacial score (nSPS) is 19.5. The maximum absolute atomic E-state index is 13.2. The highest BCUT2D eigenvalue weighted by Crippen LogP contribution is 2.33. The fraction of sp³-hybridized carbons (Fsp3) is 0.409. The molecule has 150 valence electrons. The van der Waals surface area contributed by atoms with Crippen LogP contribution in [0.3, 0.4) is 0 Å². The Morgan fingerprint density at radius 1 is 1.28 bits per heavy atom. The van der Waals surface area contributed by atoms with Crippen molar-refractivity contribution in [3.8, 4) is 5.75 Å². The molecule has 0 radical (unpaired) electrons. The average molecular weight is 392 g/mol. The lowest BCUT2D eigenvalue weighted by Gasteiger charge is -2.26. The summed E-state index contributed by atoms with van der Waals surface area (Å²) >= 11 is 0. The predicted octanol–water partition coefficient (Wildman–Crippen LogP) is 3.20. The van der Waals surface area contributed by atoms with Gasteiger partial charge in [0.05, 0.1) is 13.2 Å². The molecule has 2 aliphatic rings. The van der Waals surface area contributed by atoms with E-state index in [-0.39, 0.29) is 11.9 Å². The summed E-state index contributed by atoms with van der Waals surface area (Å²) in [7, 11) is 3.73. The van der Waals surface area contributed by atoms with Crippen molar-refractivity contribution in [2.24, 2.45) is 0 Å². The second-order valence-electron chi connectivity index (χ2n) is 7.86. The molecule has 1 aromatic carbocycles. The Morgan fingerprint density at radius 2 is 2.17 bits per heavy atom. The summed E-state index contributed by atoms with van der Waals surface area (Å²) in [5.41, 5.74) is 2.98. The number of methoxy groups -OCH3 is 1. The lowest BCUT2D eigenvalue weighted by molar-refractivity contribution is 0.0699. The molecule has 1 saturated heterocycles. The number of fused-ring (bicyclic) bond motifs is 2. The topological polar surface area (TPSA) is 71.7 Å². The Hall–Kier alpha value is -2.93. The minimum atomic E-state index is -0.108. The summed E-state index contributed by atoms with van der Waals surface area (Å²) in [6.07, 6.45) is 4.67. The number of carbonyl (C=O) groups excluding carboxylic acids is 1. The maximum Gasteiger partial charge on any atom is 0.290 e. The van der Waals surface area contributed by atoms with Gasteiger partial charge in [-0.05, 0) is 44.2 Å². The number of rotatable bonds is 3. The Balaban J connectivity index is 1.42. The van der Waals surface area contributed by atoms with E-state index in [0.717, 1.165) is 55.0 Å². The molecule has 4 heterocycles. The van der Waals surface area contributed by atoms with Gasteiger partial charge in [0.1, 0.15) is 11.3 Å². The minimum Gasteiger partial charge on any atom is -0.497 e. The molecule has 3 aromatic rings. The van der Waals surface area contributed by atoms with Crippen molar-refractivity contribution in [3.63, 3.8) is 0 Å². The second kappa shape index (κ2) is 7.15. The SMILES string of the molecule is COc1ccc2oc(C(=O)N3CCC[C@H]3c3ncc4c(n3)CCN(C)C4)cc2c1. The molecule has 0 saturated carbocycles. The van der Waals surface area contributed by atoms with Crippen molar-refractivity contribution in [1.82, 2.24) is 19.8 Å². The fourth-order valence-corrected chi connectivity index (χ4v) is 4.31. The first-order valence-corrected chi connectivity index (χ1v) is 10.0. The summed E-state index contributed by atoms with van der Waals surface area (Å²) < 4.78 is 11.1. The van der Waals surface area contributed by atoms with Crippen molar-refractivity contribution < 1.29 is 13.9 Å². The van der Waals surface area contributed by atoms with Crippen LogP contribution >= 0.6 is 0 Å². The zero-order chi connectivity index (χ0) is 20.0. The molecule has 29 heavy (non-hydrogen) atoms. The highest BCUT2D eigenvalue weighted by Gasteiger charge is 2.34. The molecular weight excluding hydrogens is 368 g/mol. The van der Waals surface area contributed by atoms with E-state index < -0.39 is 0 Å². The zero-order valence-electron chi connectivity index (χ0n) is 16.7. The van der Waals surface area contributed by atoms with Crippen LogP contribution in [0, 0.1) is 0 Å². The number of furan rings is 1. The summed E-state index contributed by atoms with van der Waals surface area (Å²) in [4.78, 5) is 26.8. The van der Waals surface area contributed by atoms with Crippen LogP contribution in [-0.2, 0) is 13.0 Å². The molecule has 2 aromatic heterocycles. The van der Waals surface area contributed by atoms with Crippen molar-refractivity contribution in [1.29, 1.82) is 0 Å². The third kappa shape index (κ3) is 3.25. The second-order valence-corrected chi connectivity index (χ2v) is 7.86. The maximum atomic E-state index is 13.2. The largest absolute Gasteiger partial charge is 0.497 e. The lowest BCUT2D eigenvalue weighted by Crippen LogP contribution is -2.32. The molecule has 0 bridgehead atoms. The third-order valence-corrected chi connectivity index (χ3v) is 5.89. The van der Waals surface area contributed by atoms with Gasteiger partial charge < -0.3 is 19.0 Å². The van der Waals surface area contributed by atoms with Gasteiger partial charge in [-0.2, -0.15) is 0 Å². The Kier molecular flexibility index (Phi) is 4.47. The smallest absolute Gasteiger partial charge is 0.290 e. The molecule has 0 unspecified atom stereocenters. The van der Waals surface area contributed by atoms with E-state index in [1.807, 2.05) is 29.3 Å². The van der Waals surface area contributed by atoms with Crippen LogP contribution in [0.1, 0.15) is 46.5 Å². The summed E-state index contributed by atoms with van der Waals surface area (Å²) in [6.45, 7) is 2.57. The molecule has 1 amide bonds. The molecule has 0 spiro atoms. The number of benzene rings is 1. The standard InChI is InChI=1S/C22H24N4O3/c1-25-9-7-17-15(13-25)12-23-21(24-17)18-4-3-8-26(18)22(27)20-11-14-10-16(28-2)5-6-19(14)29-20/h5-6,10-12,18H,3-4,7-9,13H2,1-2H3/t18-/m0/s1. The molecule has 1 atom stereocenters. The van der Waals surface area contributed by atoms with E-state index in [1.165, 1.54) is 5.56 Å². The monoisotopic (exact) mass is 392 g/mol. The van der Waals surface area contributed by atoms with Gasteiger partial charge >= 0.3 is 0 Å². The van der Waals surface area contributed by atoms with Gasteiger partial charge in [0.2, 0.25) is 0 Å². The van der Waals surface area contributed by atoms with Gasteiger partial charge in [-0.1, -0.05) is 0 Å². The molecule has 0 N–H and O–H groups in total. The van der Waals surface area contributed by atoms with Crippen LogP contribution in [0.5, 0.6) is 5.75 Å². The number of likely N-dealkylation sites (tertiary alicyclic amines) is 1. The van der Waals surface area contributed by atoms with Crippen LogP contribution in [0.2, 0.25) is 0 Å². The molecule has 7 nitrogen and oxygen atoms in total. The Labute approximate surface area is 169 Å². The van der Waals surface area contributed by atoms with E-state index in [4.69, 9.17) is 14.1 Å². The number of aromatic nitrogens is 2. The molecule has 2 aliphatic heterocycles. The molecule has 7 heteroatoms. The molecule has 1 fully saturated rings. The summed E-state index contributed by atoms with van der Waals surface area (Å²) in [5.74, 6) is 1.73. The fourth-order valence-electron chi connectivity index (χ4n) is 4.31. The van der Waals surface area contributed by atoms with Crippen molar-refractivity contribution >= 4 is 16.9 Å². The summed E-state index contributed by atoms with van der Waals surface area (Å²) in [5, 5.41) is 0.859. The number of likely N-dealkylation sites (N-methyl/N-ethyl adjacent to an activating group) is 1. The average Bonchev–Trinajstić information content (AvgIpc) is 3.39. The van der Waals surface area contributed by atoms with E-state index in [0.29, 0.717) is 17.9 Å². The van der Waals surface area contributed by atoms with E-state index >= 15 is 0 Å². The lowest BCUT2D eigenvalue weighted by atomic mass is 10.1. The number of nitrogens with zero attached hydrogens (tertiary/aromatic N) is 4. The van der Waals surface area contributed by atoms with Gasteiger partial charge in [-0.15, -0.1) is 0 Å².